The standard InChI is InChI=1S/C19H20N2O3S2/c1-4-21(26(3,22)23)15-11-9-14(10-12-15)17-13-25-19(20-17)16-7-5-6-8-18(16)24-2/h5-13H,4H2,1-3H3. The normalized spacial score (nSPS) is 11.3. The molecule has 3 rings (SSSR count). The molecule has 0 saturated heterocycles. The van der Waals surface area contributed by atoms with Gasteiger partial charge in [0.1, 0.15) is 10.8 Å². The minimum atomic E-state index is -3.28. The molecule has 136 valence electrons. The fourth-order valence-electron chi connectivity index (χ4n) is 2.76. The van der Waals surface area contributed by atoms with Gasteiger partial charge in [-0.25, -0.2) is 13.4 Å². The van der Waals surface area contributed by atoms with Crippen molar-refractivity contribution in [1.29, 1.82) is 0 Å². The van der Waals surface area contributed by atoms with Gasteiger partial charge >= 0.3 is 0 Å². The molecule has 0 atom stereocenters. The van der Waals surface area contributed by atoms with E-state index in [9.17, 15) is 8.42 Å². The zero-order chi connectivity index (χ0) is 18.7. The van der Waals surface area contributed by atoms with Gasteiger partial charge in [0.2, 0.25) is 10.0 Å². The van der Waals surface area contributed by atoms with E-state index in [1.165, 1.54) is 10.6 Å². The summed E-state index contributed by atoms with van der Waals surface area (Å²) in [4.78, 5) is 4.71. The monoisotopic (exact) mass is 388 g/mol. The van der Waals surface area contributed by atoms with Crippen LogP contribution in [0.3, 0.4) is 0 Å². The summed E-state index contributed by atoms with van der Waals surface area (Å²) in [6.45, 7) is 2.21. The Hall–Kier alpha value is -2.38. The van der Waals surface area contributed by atoms with E-state index in [-0.39, 0.29) is 0 Å². The molecular formula is C19H20N2O3S2. The van der Waals surface area contributed by atoms with Gasteiger partial charge in [-0.15, -0.1) is 11.3 Å². The van der Waals surface area contributed by atoms with Crippen molar-refractivity contribution >= 4 is 27.0 Å². The van der Waals surface area contributed by atoms with Gasteiger partial charge < -0.3 is 4.74 Å². The Bertz CT molecular complexity index is 996. The van der Waals surface area contributed by atoms with Gasteiger partial charge in [0.15, 0.2) is 0 Å². The molecule has 26 heavy (non-hydrogen) atoms. The molecule has 1 heterocycles. The third-order valence-electron chi connectivity index (χ3n) is 3.98. The van der Waals surface area contributed by atoms with E-state index in [0.29, 0.717) is 12.2 Å². The van der Waals surface area contributed by atoms with E-state index >= 15 is 0 Å². The van der Waals surface area contributed by atoms with Crippen molar-refractivity contribution in [3.63, 3.8) is 0 Å². The predicted octanol–water partition coefficient (Wildman–Crippen LogP) is 4.27. The minimum absolute atomic E-state index is 0.396. The maximum Gasteiger partial charge on any atom is 0.232 e. The molecule has 1 aromatic heterocycles. The number of aromatic nitrogens is 1. The number of rotatable bonds is 6. The molecule has 0 radical (unpaired) electrons. The first-order chi connectivity index (χ1) is 12.4. The maximum absolute atomic E-state index is 11.8. The SMILES string of the molecule is CCN(c1ccc(-c2csc(-c3ccccc3OC)n2)cc1)S(C)(=O)=O. The first-order valence-corrected chi connectivity index (χ1v) is 10.8. The molecule has 3 aromatic rings. The largest absolute Gasteiger partial charge is 0.496 e. The van der Waals surface area contributed by atoms with Gasteiger partial charge in [-0.2, -0.15) is 0 Å². The topological polar surface area (TPSA) is 59.5 Å². The van der Waals surface area contributed by atoms with E-state index in [0.717, 1.165) is 27.6 Å². The van der Waals surface area contributed by atoms with Crippen LogP contribution in [0, 0.1) is 0 Å². The van der Waals surface area contributed by atoms with Gasteiger partial charge in [-0.3, -0.25) is 4.31 Å². The first-order valence-electron chi connectivity index (χ1n) is 8.11. The highest BCUT2D eigenvalue weighted by Gasteiger charge is 2.16. The Morgan fingerprint density at radius 1 is 1.12 bits per heavy atom. The van der Waals surface area contributed by atoms with E-state index < -0.39 is 10.0 Å². The number of thiazole rings is 1. The molecular weight excluding hydrogens is 368 g/mol. The molecule has 7 heteroatoms. The molecule has 0 aliphatic rings. The Morgan fingerprint density at radius 2 is 1.81 bits per heavy atom. The van der Waals surface area contributed by atoms with Crippen LogP contribution in [0.2, 0.25) is 0 Å². The number of ether oxygens (including phenoxy) is 1. The van der Waals surface area contributed by atoms with Crippen molar-refractivity contribution in [2.45, 2.75) is 6.92 Å². The third-order valence-corrected chi connectivity index (χ3v) is 6.13. The lowest BCUT2D eigenvalue weighted by Gasteiger charge is -2.20. The van der Waals surface area contributed by atoms with Crippen LogP contribution in [0.5, 0.6) is 5.75 Å². The fourth-order valence-corrected chi connectivity index (χ4v) is 4.59. The Balaban J connectivity index is 1.91. The zero-order valence-corrected chi connectivity index (χ0v) is 16.5. The fraction of sp³-hybridized carbons (Fsp3) is 0.211. The van der Waals surface area contributed by atoms with Crippen LogP contribution < -0.4 is 9.04 Å². The summed E-state index contributed by atoms with van der Waals surface area (Å²) in [7, 11) is -1.63. The molecule has 0 aliphatic heterocycles. The molecule has 0 N–H and O–H groups in total. The lowest BCUT2D eigenvalue weighted by atomic mass is 10.1. The number of sulfonamides is 1. The molecule has 0 aliphatic carbocycles. The van der Waals surface area contributed by atoms with Crippen molar-refractivity contribution < 1.29 is 13.2 Å². The van der Waals surface area contributed by atoms with E-state index in [1.54, 1.807) is 18.4 Å². The minimum Gasteiger partial charge on any atom is -0.496 e. The average molecular weight is 389 g/mol. The highest BCUT2D eigenvalue weighted by atomic mass is 32.2. The van der Waals surface area contributed by atoms with Crippen molar-refractivity contribution in [3.8, 4) is 27.6 Å². The van der Waals surface area contributed by atoms with Crippen molar-refractivity contribution in [1.82, 2.24) is 4.98 Å². The lowest BCUT2D eigenvalue weighted by molar-refractivity contribution is 0.416. The van der Waals surface area contributed by atoms with Crippen LogP contribution >= 0.6 is 11.3 Å². The van der Waals surface area contributed by atoms with Crippen LogP contribution in [0.4, 0.5) is 5.69 Å². The molecule has 5 nitrogen and oxygen atoms in total. The molecule has 0 saturated carbocycles. The average Bonchev–Trinajstić information content (AvgIpc) is 3.11. The van der Waals surface area contributed by atoms with Gasteiger partial charge in [-0.05, 0) is 31.2 Å². The second-order valence-corrected chi connectivity index (χ2v) is 8.48. The van der Waals surface area contributed by atoms with Crippen LogP contribution in [-0.2, 0) is 10.0 Å². The summed E-state index contributed by atoms with van der Waals surface area (Å²) in [6.07, 6.45) is 1.21. The number of hydrogen-bond donors (Lipinski definition) is 0. The summed E-state index contributed by atoms with van der Waals surface area (Å²) >= 11 is 1.55. The lowest BCUT2D eigenvalue weighted by Crippen LogP contribution is -2.29. The van der Waals surface area contributed by atoms with Crippen LogP contribution in [-0.4, -0.2) is 33.3 Å². The second kappa shape index (κ2) is 7.47. The predicted molar refractivity (Wildman–Crippen MR) is 107 cm³/mol. The molecule has 0 unspecified atom stereocenters. The Morgan fingerprint density at radius 3 is 2.42 bits per heavy atom. The second-order valence-electron chi connectivity index (χ2n) is 5.71. The summed E-state index contributed by atoms with van der Waals surface area (Å²) in [6, 6.07) is 15.2. The van der Waals surface area contributed by atoms with Gasteiger partial charge in [0.25, 0.3) is 0 Å². The maximum atomic E-state index is 11.8. The van der Waals surface area contributed by atoms with Crippen molar-refractivity contribution in [2.75, 3.05) is 24.2 Å². The summed E-state index contributed by atoms with van der Waals surface area (Å²) in [5.41, 5.74) is 3.40. The highest BCUT2D eigenvalue weighted by molar-refractivity contribution is 7.92. The number of methoxy groups -OCH3 is 1. The Kier molecular flexibility index (Phi) is 5.29. The summed E-state index contributed by atoms with van der Waals surface area (Å²) in [5, 5.41) is 2.87. The first kappa shape index (κ1) is 18.4. The van der Waals surface area contributed by atoms with Crippen LogP contribution in [0.25, 0.3) is 21.8 Å². The molecule has 0 bridgehead atoms. The quantitative estimate of drug-likeness (QED) is 0.633. The van der Waals surface area contributed by atoms with Gasteiger partial charge in [0, 0.05) is 17.5 Å². The van der Waals surface area contributed by atoms with Gasteiger partial charge in [0.05, 0.1) is 30.3 Å². The zero-order valence-electron chi connectivity index (χ0n) is 14.8. The molecule has 0 amide bonds. The summed E-state index contributed by atoms with van der Waals surface area (Å²) in [5.74, 6) is 0.787. The smallest absolute Gasteiger partial charge is 0.232 e. The Labute approximate surface area is 157 Å². The highest BCUT2D eigenvalue weighted by Crippen LogP contribution is 2.34. The van der Waals surface area contributed by atoms with E-state index in [4.69, 9.17) is 9.72 Å². The van der Waals surface area contributed by atoms with Crippen LogP contribution in [0.1, 0.15) is 6.92 Å². The third kappa shape index (κ3) is 3.73. The number of para-hydroxylation sites is 1. The van der Waals surface area contributed by atoms with E-state index in [2.05, 4.69) is 0 Å². The van der Waals surface area contributed by atoms with Gasteiger partial charge in [-0.1, -0.05) is 24.3 Å². The summed E-state index contributed by atoms with van der Waals surface area (Å²) < 4.78 is 30.5. The number of nitrogens with zero attached hydrogens (tertiary/aromatic N) is 2. The number of hydrogen-bond acceptors (Lipinski definition) is 5. The van der Waals surface area contributed by atoms with Crippen molar-refractivity contribution in [2.24, 2.45) is 0 Å². The van der Waals surface area contributed by atoms with Crippen molar-refractivity contribution in [3.05, 3.63) is 53.9 Å². The number of benzene rings is 2. The number of anilines is 1. The molecule has 0 spiro atoms. The van der Waals surface area contributed by atoms with E-state index in [1.807, 2.05) is 60.8 Å². The van der Waals surface area contributed by atoms with Crippen LogP contribution in [0.15, 0.2) is 53.9 Å². The molecule has 0 fully saturated rings. The molecule has 2 aromatic carbocycles.